The van der Waals surface area contributed by atoms with Crippen molar-refractivity contribution in [2.45, 2.75) is 58.5 Å². The topological polar surface area (TPSA) is 98.4 Å². The number of nitrogens with zero attached hydrogens (tertiary/aromatic N) is 3. The lowest BCUT2D eigenvalue weighted by molar-refractivity contribution is -0.537. The van der Waals surface area contributed by atoms with Crippen LogP contribution in [0.25, 0.3) is 0 Å². The highest BCUT2D eigenvalue weighted by Crippen LogP contribution is 2.21. The fourth-order valence-electron chi connectivity index (χ4n) is 2.60. The predicted octanol–water partition coefficient (Wildman–Crippen LogP) is 2.73. The molecular weight excluding hydrogens is 314 g/mol. The number of aryl methyl sites for hydroxylation is 1. The van der Waals surface area contributed by atoms with Gasteiger partial charge < -0.3 is 9.53 Å². The van der Waals surface area contributed by atoms with Crippen LogP contribution in [0.5, 0.6) is 0 Å². The van der Waals surface area contributed by atoms with E-state index in [1.807, 2.05) is 6.92 Å². The second-order valence-corrected chi connectivity index (χ2v) is 11.1. The summed E-state index contributed by atoms with van der Waals surface area (Å²) in [5.74, 6) is 0.616. The minimum atomic E-state index is -1.82. The van der Waals surface area contributed by atoms with Gasteiger partial charge in [-0.05, 0) is 37.5 Å². The van der Waals surface area contributed by atoms with Gasteiger partial charge in [-0.15, -0.1) is 0 Å². The van der Waals surface area contributed by atoms with E-state index in [9.17, 15) is 15.2 Å². The number of nitro groups is 1. The van der Waals surface area contributed by atoms with Crippen LogP contribution in [0.3, 0.4) is 0 Å². The Morgan fingerprint density at radius 3 is 2.39 bits per heavy atom. The standard InChI is InChI=1S/C15H27N3O4Si/c1-11(2)10-23(4,5)22-7-6-13(18(20)21)14(19)15-16-8-12(3)9-17-15/h8-9,11,13-14,19H,6-7,10H2,1-5H3. The zero-order valence-corrected chi connectivity index (χ0v) is 15.5. The van der Waals surface area contributed by atoms with Gasteiger partial charge in [-0.3, -0.25) is 10.1 Å². The van der Waals surface area contributed by atoms with Crippen molar-refractivity contribution in [3.05, 3.63) is 33.9 Å². The van der Waals surface area contributed by atoms with Gasteiger partial charge in [0.15, 0.2) is 20.2 Å². The molecule has 2 unspecified atom stereocenters. The van der Waals surface area contributed by atoms with Gasteiger partial charge in [-0.25, -0.2) is 9.97 Å². The minimum Gasteiger partial charge on any atom is -0.417 e. The van der Waals surface area contributed by atoms with Gasteiger partial charge in [-0.2, -0.15) is 0 Å². The lowest BCUT2D eigenvalue weighted by Crippen LogP contribution is -2.35. The molecule has 0 fully saturated rings. The van der Waals surface area contributed by atoms with Crippen molar-refractivity contribution >= 4 is 8.32 Å². The van der Waals surface area contributed by atoms with E-state index in [1.165, 1.54) is 12.4 Å². The Morgan fingerprint density at radius 2 is 1.91 bits per heavy atom. The van der Waals surface area contributed by atoms with E-state index in [-0.39, 0.29) is 18.9 Å². The van der Waals surface area contributed by atoms with Crippen molar-refractivity contribution in [3.8, 4) is 0 Å². The summed E-state index contributed by atoms with van der Waals surface area (Å²) in [6.07, 6.45) is 1.89. The molecule has 0 aliphatic heterocycles. The normalized spacial score (nSPS) is 14.7. The molecule has 130 valence electrons. The summed E-state index contributed by atoms with van der Waals surface area (Å²) >= 11 is 0. The van der Waals surface area contributed by atoms with Crippen LogP contribution in [0, 0.1) is 23.0 Å². The molecule has 1 aromatic rings. The zero-order valence-electron chi connectivity index (χ0n) is 14.5. The number of rotatable bonds is 9. The van der Waals surface area contributed by atoms with E-state index >= 15 is 0 Å². The Hall–Kier alpha value is -1.38. The molecule has 8 heteroatoms. The summed E-state index contributed by atoms with van der Waals surface area (Å²) < 4.78 is 5.91. The molecule has 1 aromatic heterocycles. The lowest BCUT2D eigenvalue weighted by Gasteiger charge is -2.25. The van der Waals surface area contributed by atoms with Gasteiger partial charge in [0.05, 0.1) is 0 Å². The maximum atomic E-state index is 11.3. The van der Waals surface area contributed by atoms with Crippen LogP contribution in [0.15, 0.2) is 12.4 Å². The van der Waals surface area contributed by atoms with E-state index < -0.39 is 25.4 Å². The molecule has 0 radical (unpaired) electrons. The van der Waals surface area contributed by atoms with Gasteiger partial charge in [0.1, 0.15) is 0 Å². The molecule has 0 saturated carbocycles. The average molecular weight is 341 g/mol. The largest absolute Gasteiger partial charge is 0.417 e. The molecular formula is C15H27N3O4Si. The Labute approximate surface area is 138 Å². The van der Waals surface area contributed by atoms with Crippen LogP contribution in [0.1, 0.15) is 37.8 Å². The van der Waals surface area contributed by atoms with E-state index in [0.29, 0.717) is 5.92 Å². The molecule has 0 aromatic carbocycles. The first-order valence-electron chi connectivity index (χ1n) is 7.86. The summed E-state index contributed by atoms with van der Waals surface area (Å²) in [6, 6.07) is -0.165. The van der Waals surface area contributed by atoms with Gasteiger partial charge in [0, 0.05) is 30.3 Å². The molecule has 0 amide bonds. The summed E-state index contributed by atoms with van der Waals surface area (Å²) in [5.41, 5.74) is 0.836. The lowest BCUT2D eigenvalue weighted by atomic mass is 10.1. The van der Waals surface area contributed by atoms with E-state index in [0.717, 1.165) is 11.6 Å². The van der Waals surface area contributed by atoms with E-state index in [4.69, 9.17) is 4.43 Å². The average Bonchev–Trinajstić information content (AvgIpc) is 2.42. The zero-order chi connectivity index (χ0) is 17.6. The number of hydrogen-bond acceptors (Lipinski definition) is 6. The Balaban J connectivity index is 2.65. The first kappa shape index (κ1) is 19.7. The second kappa shape index (κ2) is 8.46. The molecule has 0 aliphatic rings. The van der Waals surface area contributed by atoms with Crippen molar-refractivity contribution in [1.29, 1.82) is 0 Å². The first-order valence-corrected chi connectivity index (χ1v) is 11.0. The van der Waals surface area contributed by atoms with Crippen LogP contribution in [-0.2, 0) is 4.43 Å². The number of aromatic nitrogens is 2. The number of hydrogen-bond donors (Lipinski definition) is 1. The van der Waals surface area contributed by atoms with Crippen molar-refractivity contribution in [1.82, 2.24) is 9.97 Å². The van der Waals surface area contributed by atoms with Crippen LogP contribution in [-0.4, -0.2) is 41.0 Å². The molecule has 1 heterocycles. The highest BCUT2D eigenvalue weighted by atomic mass is 28.4. The minimum absolute atomic E-state index is 0.0796. The monoisotopic (exact) mass is 341 g/mol. The molecule has 2 atom stereocenters. The van der Waals surface area contributed by atoms with Gasteiger partial charge in [-0.1, -0.05) is 13.8 Å². The second-order valence-electron chi connectivity index (χ2n) is 6.91. The van der Waals surface area contributed by atoms with Gasteiger partial charge >= 0.3 is 0 Å². The van der Waals surface area contributed by atoms with Crippen molar-refractivity contribution in [2.24, 2.45) is 5.92 Å². The number of aliphatic hydroxyl groups is 1. The third-order valence-corrected chi connectivity index (χ3v) is 6.29. The quantitative estimate of drug-likeness (QED) is 0.421. The highest BCUT2D eigenvalue weighted by molar-refractivity contribution is 6.71. The molecule has 0 aliphatic carbocycles. The van der Waals surface area contributed by atoms with Crippen molar-refractivity contribution in [2.75, 3.05) is 6.61 Å². The molecule has 0 saturated heterocycles. The molecule has 0 spiro atoms. The third-order valence-electron chi connectivity index (χ3n) is 3.51. The third kappa shape index (κ3) is 6.72. The molecule has 1 N–H and O–H groups in total. The Kier molecular flexibility index (Phi) is 7.24. The van der Waals surface area contributed by atoms with Crippen molar-refractivity contribution < 1.29 is 14.5 Å². The molecule has 1 rings (SSSR count). The van der Waals surface area contributed by atoms with E-state index in [1.54, 1.807) is 0 Å². The Morgan fingerprint density at radius 1 is 1.35 bits per heavy atom. The summed E-state index contributed by atoms with van der Waals surface area (Å²) in [4.78, 5) is 18.7. The van der Waals surface area contributed by atoms with Gasteiger partial charge in [0.25, 0.3) is 0 Å². The van der Waals surface area contributed by atoms with Crippen LogP contribution < -0.4 is 0 Å². The fourth-order valence-corrected chi connectivity index (χ4v) is 5.36. The van der Waals surface area contributed by atoms with Gasteiger partial charge in [0.2, 0.25) is 6.04 Å². The SMILES string of the molecule is Cc1cnc(C(O)C(CCO[Si](C)(C)CC(C)C)[N+](=O)[O-])nc1. The highest BCUT2D eigenvalue weighted by Gasteiger charge is 2.34. The summed E-state index contributed by atoms with van der Waals surface area (Å²) in [5, 5.41) is 21.5. The molecule has 23 heavy (non-hydrogen) atoms. The maximum absolute atomic E-state index is 11.3. The number of aliphatic hydroxyl groups excluding tert-OH is 1. The van der Waals surface area contributed by atoms with Crippen LogP contribution in [0.4, 0.5) is 0 Å². The summed E-state index contributed by atoms with van der Waals surface area (Å²) in [7, 11) is -1.82. The smallest absolute Gasteiger partial charge is 0.248 e. The fraction of sp³-hybridized carbons (Fsp3) is 0.733. The summed E-state index contributed by atoms with van der Waals surface area (Å²) in [6.45, 7) is 10.6. The molecule has 7 nitrogen and oxygen atoms in total. The van der Waals surface area contributed by atoms with Crippen molar-refractivity contribution in [3.63, 3.8) is 0 Å². The van der Waals surface area contributed by atoms with E-state index in [2.05, 4.69) is 36.9 Å². The first-order chi connectivity index (χ1) is 10.6. The molecule has 0 bridgehead atoms. The predicted molar refractivity (Wildman–Crippen MR) is 90.2 cm³/mol. The Bertz CT molecular complexity index is 508. The van der Waals surface area contributed by atoms with Crippen LogP contribution in [0.2, 0.25) is 19.1 Å². The van der Waals surface area contributed by atoms with Crippen LogP contribution >= 0.6 is 0 Å². The maximum Gasteiger partial charge on any atom is 0.248 e.